The van der Waals surface area contributed by atoms with Crippen LogP contribution in [0.4, 0.5) is 5.69 Å². The molecule has 0 spiro atoms. The number of hydrogen-bond donors (Lipinski definition) is 2. The van der Waals surface area contributed by atoms with Crippen LogP contribution < -0.4 is 14.8 Å². The van der Waals surface area contributed by atoms with Gasteiger partial charge in [0.1, 0.15) is 11.5 Å². The Morgan fingerprint density at radius 2 is 2.00 bits per heavy atom. The maximum Gasteiger partial charge on any atom is 0.313 e. The molecule has 0 saturated carbocycles. The van der Waals surface area contributed by atoms with Gasteiger partial charge in [0.15, 0.2) is 11.2 Å². The average molecular weight is 371 g/mol. The monoisotopic (exact) mass is 371 g/mol. The van der Waals surface area contributed by atoms with Crippen LogP contribution in [-0.2, 0) is 4.79 Å². The molecule has 2 aromatic rings. The Hall–Kier alpha value is -2.93. The third-order valence-electron chi connectivity index (χ3n) is 3.72. The van der Waals surface area contributed by atoms with Crippen molar-refractivity contribution in [2.24, 2.45) is 0 Å². The first-order chi connectivity index (χ1) is 12.6. The van der Waals surface area contributed by atoms with Gasteiger partial charge in [0.05, 0.1) is 24.0 Å². The number of anilines is 1. The molecule has 1 atom stereocenters. The van der Waals surface area contributed by atoms with Crippen molar-refractivity contribution in [3.8, 4) is 11.5 Å². The van der Waals surface area contributed by atoms with Crippen molar-refractivity contribution in [2.75, 3.05) is 18.2 Å². The van der Waals surface area contributed by atoms with Crippen LogP contribution in [-0.4, -0.2) is 35.2 Å². The Bertz CT molecular complexity index is 847. The summed E-state index contributed by atoms with van der Waals surface area (Å²) in [6.45, 7) is 0. The fourth-order valence-corrected chi connectivity index (χ4v) is 3.27. The summed E-state index contributed by atoms with van der Waals surface area (Å²) in [5, 5.41) is 12.0. The second kappa shape index (κ2) is 7.97. The minimum absolute atomic E-state index is 0.167. The topological polar surface area (TPSA) is 84.9 Å². The predicted molar refractivity (Wildman–Crippen MR) is 100.0 cm³/mol. The molecule has 2 aromatic carbocycles. The Kier molecular flexibility index (Phi) is 5.48. The number of aliphatic carboxylic acids is 1. The molecule has 1 heterocycles. The summed E-state index contributed by atoms with van der Waals surface area (Å²) in [4.78, 5) is 23.7. The van der Waals surface area contributed by atoms with E-state index < -0.39 is 11.4 Å². The van der Waals surface area contributed by atoms with Crippen LogP contribution in [0.3, 0.4) is 0 Å². The van der Waals surface area contributed by atoms with Crippen molar-refractivity contribution in [1.82, 2.24) is 0 Å². The number of benzene rings is 2. The number of hydrogen-bond acceptors (Lipinski definition) is 6. The highest BCUT2D eigenvalue weighted by molar-refractivity contribution is 8.00. The van der Waals surface area contributed by atoms with E-state index in [1.54, 1.807) is 49.7 Å². The molecule has 1 aliphatic rings. The van der Waals surface area contributed by atoms with Gasteiger partial charge in [0.25, 0.3) is 0 Å². The van der Waals surface area contributed by atoms with E-state index >= 15 is 0 Å². The highest BCUT2D eigenvalue weighted by Crippen LogP contribution is 2.35. The second-order valence-electron chi connectivity index (χ2n) is 5.45. The van der Waals surface area contributed by atoms with Gasteiger partial charge in [-0.05, 0) is 36.4 Å². The first-order valence-corrected chi connectivity index (χ1v) is 8.88. The summed E-state index contributed by atoms with van der Waals surface area (Å²) in [6, 6.07) is 14.2. The number of ketones is 1. The molecule has 0 bridgehead atoms. The van der Waals surface area contributed by atoms with Gasteiger partial charge < -0.3 is 19.9 Å². The number of nitrogens with one attached hydrogen (secondary N) is 1. The molecule has 1 aliphatic heterocycles. The Morgan fingerprint density at radius 3 is 2.69 bits per heavy atom. The molecule has 0 aromatic heterocycles. The Balaban J connectivity index is 1.86. The highest BCUT2D eigenvalue weighted by Gasteiger charge is 2.32. The van der Waals surface area contributed by atoms with Gasteiger partial charge >= 0.3 is 5.97 Å². The number of fused-ring (bicyclic) bond motifs is 1. The van der Waals surface area contributed by atoms with E-state index in [1.807, 2.05) is 12.1 Å². The zero-order chi connectivity index (χ0) is 18.5. The van der Waals surface area contributed by atoms with Crippen molar-refractivity contribution in [3.63, 3.8) is 0 Å². The van der Waals surface area contributed by atoms with Crippen molar-refractivity contribution in [1.29, 1.82) is 0 Å². The summed E-state index contributed by atoms with van der Waals surface area (Å²) in [6.07, 6.45) is 1.57. The van der Waals surface area contributed by atoms with Gasteiger partial charge in [-0.3, -0.25) is 9.59 Å². The molecule has 7 heteroatoms. The van der Waals surface area contributed by atoms with Crippen LogP contribution in [0.2, 0.25) is 0 Å². The van der Waals surface area contributed by atoms with E-state index in [1.165, 1.54) is 0 Å². The van der Waals surface area contributed by atoms with Crippen molar-refractivity contribution >= 4 is 29.2 Å². The number of rotatable bonds is 6. The van der Waals surface area contributed by atoms with Gasteiger partial charge in [-0.25, -0.2) is 0 Å². The summed E-state index contributed by atoms with van der Waals surface area (Å²) in [7, 11) is 1.59. The summed E-state index contributed by atoms with van der Waals surface area (Å²) < 4.78 is 11.0. The first kappa shape index (κ1) is 17.9. The molecule has 2 N–H and O–H groups in total. The molecule has 26 heavy (non-hydrogen) atoms. The standard InChI is InChI=1S/C19H17NO5S/c1-24-13-8-6-12(7-9-13)20-10-15-18(23)14-4-2-3-5-16(14)25-19(15)26-11-17(21)22/h2-10,19-20H,11H2,1H3,(H,21,22)/b15-10-/t19-/m1/s1. The van der Waals surface area contributed by atoms with E-state index in [-0.39, 0.29) is 11.5 Å². The van der Waals surface area contributed by atoms with Crippen LogP contribution in [0, 0.1) is 0 Å². The maximum absolute atomic E-state index is 12.8. The molecule has 6 nitrogen and oxygen atoms in total. The van der Waals surface area contributed by atoms with Crippen molar-refractivity contribution in [2.45, 2.75) is 5.44 Å². The van der Waals surface area contributed by atoms with Gasteiger partial charge in [0, 0.05) is 11.9 Å². The van der Waals surface area contributed by atoms with Gasteiger partial charge in [-0.2, -0.15) is 0 Å². The van der Waals surface area contributed by atoms with E-state index in [9.17, 15) is 9.59 Å². The van der Waals surface area contributed by atoms with Crippen LogP contribution >= 0.6 is 11.8 Å². The Morgan fingerprint density at radius 1 is 1.27 bits per heavy atom. The summed E-state index contributed by atoms with van der Waals surface area (Å²) >= 11 is 1.05. The molecule has 0 fully saturated rings. The van der Waals surface area contributed by atoms with E-state index in [0.29, 0.717) is 16.9 Å². The van der Waals surface area contributed by atoms with Gasteiger partial charge in [-0.15, -0.1) is 11.8 Å². The largest absolute Gasteiger partial charge is 0.497 e. The number of thioether (sulfide) groups is 1. The van der Waals surface area contributed by atoms with Gasteiger partial charge in [0.2, 0.25) is 0 Å². The number of carboxylic acids is 1. The molecule has 0 saturated heterocycles. The fraction of sp³-hybridized carbons (Fsp3) is 0.158. The molecule has 134 valence electrons. The van der Waals surface area contributed by atoms with Crippen LogP contribution in [0.1, 0.15) is 10.4 Å². The molecular weight excluding hydrogens is 354 g/mol. The lowest BCUT2D eigenvalue weighted by Crippen LogP contribution is -2.29. The number of ether oxygens (including phenoxy) is 2. The molecule has 3 rings (SSSR count). The number of carboxylic acid groups (broad SMARTS) is 1. The number of para-hydroxylation sites is 1. The second-order valence-corrected chi connectivity index (χ2v) is 6.50. The van der Waals surface area contributed by atoms with Crippen LogP contribution in [0.15, 0.2) is 60.3 Å². The lowest BCUT2D eigenvalue weighted by atomic mass is 10.0. The Labute approximate surface area is 154 Å². The summed E-state index contributed by atoms with van der Waals surface area (Å²) in [5.41, 5.74) is 0.902. The smallest absolute Gasteiger partial charge is 0.313 e. The molecule has 0 unspecified atom stereocenters. The van der Waals surface area contributed by atoms with Crippen LogP contribution in [0.25, 0.3) is 0 Å². The number of methoxy groups -OCH3 is 1. The molecule has 0 aliphatic carbocycles. The number of carbonyl (C=O) groups excluding carboxylic acids is 1. The fourth-order valence-electron chi connectivity index (χ4n) is 2.45. The van der Waals surface area contributed by atoms with Crippen LogP contribution in [0.5, 0.6) is 11.5 Å². The minimum atomic E-state index is -0.965. The first-order valence-electron chi connectivity index (χ1n) is 7.83. The number of carbonyl (C=O) groups is 2. The summed E-state index contributed by atoms with van der Waals surface area (Å²) in [5.74, 6) is -0.130. The SMILES string of the molecule is COc1ccc(N/C=C2/C(=O)c3ccccc3O[C@@H]2SCC(=O)O)cc1. The number of Topliss-reactive ketones (excluding diaryl/α,β-unsaturated/α-hetero) is 1. The third-order valence-corrected chi connectivity index (χ3v) is 4.79. The van der Waals surface area contributed by atoms with E-state index in [2.05, 4.69) is 5.32 Å². The maximum atomic E-state index is 12.8. The molecule has 0 radical (unpaired) electrons. The average Bonchev–Trinajstić information content (AvgIpc) is 2.66. The lowest BCUT2D eigenvalue weighted by Gasteiger charge is -2.26. The lowest BCUT2D eigenvalue weighted by molar-refractivity contribution is -0.133. The highest BCUT2D eigenvalue weighted by atomic mass is 32.2. The normalized spacial score (nSPS) is 17.3. The van der Waals surface area contributed by atoms with E-state index in [4.69, 9.17) is 14.6 Å². The minimum Gasteiger partial charge on any atom is -0.497 e. The van der Waals surface area contributed by atoms with Gasteiger partial charge in [-0.1, -0.05) is 12.1 Å². The van der Waals surface area contributed by atoms with E-state index in [0.717, 1.165) is 23.2 Å². The zero-order valence-electron chi connectivity index (χ0n) is 14.0. The molecular formula is C19H17NO5S. The van der Waals surface area contributed by atoms with Crippen molar-refractivity contribution in [3.05, 3.63) is 65.9 Å². The van der Waals surface area contributed by atoms with Crippen molar-refractivity contribution < 1.29 is 24.2 Å². The predicted octanol–water partition coefficient (Wildman–Crippen LogP) is 3.41. The quantitative estimate of drug-likeness (QED) is 0.753. The zero-order valence-corrected chi connectivity index (χ0v) is 14.8. The third kappa shape index (κ3) is 4.00. The molecule has 0 amide bonds.